The summed E-state index contributed by atoms with van der Waals surface area (Å²) in [6.07, 6.45) is -4.69. The predicted octanol–water partition coefficient (Wildman–Crippen LogP) is 1.06. The fourth-order valence-electron chi connectivity index (χ4n) is 1.54. The van der Waals surface area contributed by atoms with E-state index in [-0.39, 0.29) is 5.56 Å². The van der Waals surface area contributed by atoms with Gasteiger partial charge in [0.25, 0.3) is 0 Å². The molecule has 0 aromatic carbocycles. The number of alkyl halides is 3. The van der Waals surface area contributed by atoms with Gasteiger partial charge in [-0.3, -0.25) is 9.10 Å². The molecular weight excluding hydrogens is 273 g/mol. The Kier molecular flexibility index (Phi) is 2.61. The van der Waals surface area contributed by atoms with E-state index in [0.717, 1.165) is 13.1 Å². The van der Waals surface area contributed by atoms with Crippen molar-refractivity contribution in [2.75, 3.05) is 17.1 Å². The Bertz CT molecular complexity index is 624. The van der Waals surface area contributed by atoms with Gasteiger partial charge in [0, 0.05) is 7.05 Å². The van der Waals surface area contributed by atoms with Crippen LogP contribution in [0.3, 0.4) is 0 Å². The van der Waals surface area contributed by atoms with Crippen molar-refractivity contribution in [1.29, 1.82) is 0 Å². The van der Waals surface area contributed by atoms with Gasteiger partial charge in [0.15, 0.2) is 11.6 Å². The molecule has 0 spiro atoms. The van der Waals surface area contributed by atoms with Gasteiger partial charge in [-0.15, -0.1) is 0 Å². The molecule has 2 heterocycles. The van der Waals surface area contributed by atoms with Crippen molar-refractivity contribution in [3.63, 3.8) is 0 Å². The number of hydrogen-bond acceptors (Lipinski definition) is 4. The lowest BCUT2D eigenvalue weighted by Crippen LogP contribution is -2.39. The Balaban J connectivity index is 2.66. The lowest BCUT2D eigenvalue weighted by molar-refractivity contribution is -0.141. The van der Waals surface area contributed by atoms with Crippen LogP contribution in [0.2, 0.25) is 0 Å². The van der Waals surface area contributed by atoms with E-state index in [0.29, 0.717) is 10.4 Å². The maximum Gasteiger partial charge on any atom is 0.433 e. The number of fused-ring (bicyclic) bond motifs is 1. The molecule has 98 valence electrons. The molecule has 5 nitrogen and oxygen atoms in total. The number of sulfonamides is 1. The number of hydrogen-bond donors (Lipinski definition) is 0. The van der Waals surface area contributed by atoms with E-state index < -0.39 is 39.2 Å². The van der Waals surface area contributed by atoms with Gasteiger partial charge in [0.2, 0.25) is 10.0 Å². The number of pyridine rings is 1. The van der Waals surface area contributed by atoms with Crippen molar-refractivity contribution in [1.82, 2.24) is 4.98 Å². The minimum Gasteiger partial charge on any atom is -0.293 e. The molecule has 1 aromatic heterocycles. The van der Waals surface area contributed by atoms with Crippen molar-refractivity contribution in [3.8, 4) is 0 Å². The Morgan fingerprint density at radius 2 is 1.94 bits per heavy atom. The van der Waals surface area contributed by atoms with Gasteiger partial charge in [0.1, 0.15) is 11.4 Å². The van der Waals surface area contributed by atoms with Crippen LogP contribution in [-0.2, 0) is 16.2 Å². The van der Waals surface area contributed by atoms with Crippen LogP contribution in [0.4, 0.5) is 19.0 Å². The Hall–Kier alpha value is -1.64. The lowest BCUT2D eigenvalue weighted by Gasteiger charge is -2.25. The maximum atomic E-state index is 12.5. The highest BCUT2D eigenvalue weighted by Crippen LogP contribution is 2.32. The molecule has 2 rings (SSSR count). The molecule has 0 saturated carbocycles. The average molecular weight is 280 g/mol. The average Bonchev–Trinajstić information content (AvgIpc) is 2.23. The first-order valence-corrected chi connectivity index (χ1v) is 6.32. The van der Waals surface area contributed by atoms with Crippen LogP contribution >= 0.6 is 0 Å². The second-order valence-electron chi connectivity index (χ2n) is 3.71. The minimum absolute atomic E-state index is 0.125. The van der Waals surface area contributed by atoms with E-state index in [9.17, 15) is 26.4 Å². The summed E-state index contributed by atoms with van der Waals surface area (Å²) < 4.78 is 61.0. The summed E-state index contributed by atoms with van der Waals surface area (Å²) in [6, 6.07) is 1.60. The zero-order valence-electron chi connectivity index (χ0n) is 9.02. The fraction of sp³-hybridized carbons (Fsp3) is 0.333. The van der Waals surface area contributed by atoms with Crippen LogP contribution in [0.25, 0.3) is 0 Å². The van der Waals surface area contributed by atoms with Gasteiger partial charge in [-0.25, -0.2) is 13.4 Å². The van der Waals surface area contributed by atoms with Crippen molar-refractivity contribution >= 4 is 21.6 Å². The number of aromatic nitrogens is 1. The second-order valence-corrected chi connectivity index (χ2v) is 5.71. The molecule has 18 heavy (non-hydrogen) atoms. The fourth-order valence-corrected chi connectivity index (χ4v) is 2.62. The number of carbonyl (C=O) groups excluding carboxylic acids is 1. The molecule has 1 aliphatic rings. The number of rotatable bonds is 0. The molecule has 0 amide bonds. The first-order chi connectivity index (χ1) is 8.13. The third-order valence-corrected chi connectivity index (χ3v) is 4.13. The molecule has 0 bridgehead atoms. The summed E-state index contributed by atoms with van der Waals surface area (Å²) in [5.41, 5.74) is -1.36. The highest BCUT2D eigenvalue weighted by atomic mass is 32.2. The SMILES string of the molecule is CN1c2nc(C(F)(F)F)ccc2C(=O)CS1(=O)=O. The standard InChI is InChI=1S/C9H7F3N2O3S/c1-14-8-5(6(15)4-18(14,16)17)2-3-7(13-8)9(10,11)12/h2-3H,4H2,1H3. The van der Waals surface area contributed by atoms with Gasteiger partial charge < -0.3 is 0 Å². The Morgan fingerprint density at radius 3 is 2.50 bits per heavy atom. The van der Waals surface area contributed by atoms with Crippen LogP contribution < -0.4 is 4.31 Å². The number of ketones is 1. The molecular formula is C9H7F3N2O3S. The molecule has 0 saturated heterocycles. The normalized spacial score (nSPS) is 18.7. The molecule has 0 aliphatic carbocycles. The number of nitrogens with zero attached hydrogens (tertiary/aromatic N) is 2. The van der Waals surface area contributed by atoms with E-state index in [2.05, 4.69) is 4.98 Å². The van der Waals surface area contributed by atoms with Crippen molar-refractivity contribution in [3.05, 3.63) is 23.4 Å². The van der Waals surface area contributed by atoms with Gasteiger partial charge >= 0.3 is 6.18 Å². The van der Waals surface area contributed by atoms with Gasteiger partial charge in [-0.1, -0.05) is 0 Å². The number of anilines is 1. The van der Waals surface area contributed by atoms with Crippen LogP contribution in [0.5, 0.6) is 0 Å². The molecule has 1 aliphatic heterocycles. The Labute approximate surface area is 100 Å². The van der Waals surface area contributed by atoms with Gasteiger partial charge in [-0.05, 0) is 12.1 Å². The molecule has 0 fully saturated rings. The van der Waals surface area contributed by atoms with E-state index in [4.69, 9.17) is 0 Å². The first kappa shape index (κ1) is 12.8. The highest BCUT2D eigenvalue weighted by Gasteiger charge is 2.38. The van der Waals surface area contributed by atoms with Crippen LogP contribution in [0.1, 0.15) is 16.1 Å². The number of carbonyl (C=O) groups is 1. The summed E-state index contributed by atoms with van der Waals surface area (Å²) >= 11 is 0. The third-order valence-electron chi connectivity index (χ3n) is 2.49. The monoisotopic (exact) mass is 280 g/mol. The topological polar surface area (TPSA) is 67.3 Å². The van der Waals surface area contributed by atoms with Crippen molar-refractivity contribution in [2.45, 2.75) is 6.18 Å². The van der Waals surface area contributed by atoms with Crippen LogP contribution in [0, 0.1) is 0 Å². The van der Waals surface area contributed by atoms with E-state index >= 15 is 0 Å². The lowest BCUT2D eigenvalue weighted by atomic mass is 10.1. The number of Topliss-reactive ketones (excluding diaryl/α,β-unsaturated/α-hetero) is 1. The van der Waals surface area contributed by atoms with Crippen molar-refractivity contribution < 1.29 is 26.4 Å². The largest absolute Gasteiger partial charge is 0.433 e. The third kappa shape index (κ3) is 1.94. The number of halogens is 3. The smallest absolute Gasteiger partial charge is 0.293 e. The summed E-state index contributed by atoms with van der Waals surface area (Å²) in [5.74, 6) is -2.01. The summed E-state index contributed by atoms with van der Waals surface area (Å²) in [6.45, 7) is 0. The summed E-state index contributed by atoms with van der Waals surface area (Å²) in [4.78, 5) is 14.7. The minimum atomic E-state index is -4.69. The van der Waals surface area contributed by atoms with Gasteiger partial charge in [0.05, 0.1) is 5.56 Å². The Morgan fingerprint density at radius 1 is 1.33 bits per heavy atom. The van der Waals surface area contributed by atoms with E-state index in [1.165, 1.54) is 0 Å². The molecule has 0 atom stereocenters. The second kappa shape index (κ2) is 3.67. The molecule has 1 aromatic rings. The highest BCUT2D eigenvalue weighted by molar-refractivity contribution is 7.93. The maximum absolute atomic E-state index is 12.5. The molecule has 9 heteroatoms. The predicted molar refractivity (Wildman–Crippen MR) is 55.8 cm³/mol. The van der Waals surface area contributed by atoms with Crippen LogP contribution in [-0.4, -0.2) is 32.0 Å². The molecule has 0 unspecified atom stereocenters. The zero-order chi connectivity index (χ0) is 13.7. The van der Waals surface area contributed by atoms with Crippen LogP contribution in [0.15, 0.2) is 12.1 Å². The van der Waals surface area contributed by atoms with E-state index in [1.807, 2.05) is 0 Å². The molecule has 0 N–H and O–H groups in total. The van der Waals surface area contributed by atoms with Crippen molar-refractivity contribution in [2.24, 2.45) is 0 Å². The zero-order valence-corrected chi connectivity index (χ0v) is 9.84. The van der Waals surface area contributed by atoms with E-state index in [1.54, 1.807) is 0 Å². The summed E-state index contributed by atoms with van der Waals surface area (Å²) in [7, 11) is -2.87. The molecule has 0 radical (unpaired) electrons. The quantitative estimate of drug-likeness (QED) is 0.712. The van der Waals surface area contributed by atoms with Gasteiger partial charge in [-0.2, -0.15) is 13.2 Å². The first-order valence-electron chi connectivity index (χ1n) is 4.71. The summed E-state index contributed by atoms with van der Waals surface area (Å²) in [5, 5.41) is 0.